The van der Waals surface area contributed by atoms with Crippen molar-refractivity contribution in [2.45, 2.75) is 26.8 Å². The molecule has 6 nitrogen and oxygen atoms in total. The Balaban J connectivity index is 1.60. The van der Waals surface area contributed by atoms with Crippen LogP contribution in [0.3, 0.4) is 0 Å². The van der Waals surface area contributed by atoms with Gasteiger partial charge in [0.15, 0.2) is 0 Å². The van der Waals surface area contributed by atoms with Gasteiger partial charge in [-0.1, -0.05) is 0 Å². The van der Waals surface area contributed by atoms with E-state index in [4.69, 9.17) is 0 Å². The zero-order chi connectivity index (χ0) is 15.5. The number of carbonyl (C=O) groups excluding carboxylic acids is 1. The maximum atomic E-state index is 12.5. The zero-order valence-corrected chi connectivity index (χ0v) is 13.8. The Hall–Kier alpha value is -1.73. The van der Waals surface area contributed by atoms with Crippen molar-refractivity contribution in [3.63, 3.8) is 0 Å². The number of H-pyrrole nitrogens is 1. The first kappa shape index (κ1) is 15.2. The quantitative estimate of drug-likeness (QED) is 0.937. The Bertz CT molecular complexity index is 650. The van der Waals surface area contributed by atoms with Crippen molar-refractivity contribution in [3.8, 4) is 0 Å². The topological polar surface area (TPSA) is 65.1 Å². The van der Waals surface area contributed by atoms with Crippen LogP contribution in [0.4, 0.5) is 0 Å². The average Bonchev–Trinajstić information content (AvgIpc) is 3.02. The van der Waals surface area contributed by atoms with Crippen molar-refractivity contribution >= 4 is 17.2 Å². The summed E-state index contributed by atoms with van der Waals surface area (Å²) in [6.07, 6.45) is 2.62. The molecule has 3 rings (SSSR count). The van der Waals surface area contributed by atoms with Gasteiger partial charge in [0.25, 0.3) is 5.91 Å². The fourth-order valence-electron chi connectivity index (χ4n) is 2.78. The molecule has 1 N–H and O–H groups in total. The number of aryl methyl sites for hydroxylation is 2. The van der Waals surface area contributed by atoms with E-state index in [9.17, 15) is 4.79 Å². The number of nitrogens with one attached hydrogen (secondary N) is 1. The number of carbonyl (C=O) groups is 1. The molecule has 1 fully saturated rings. The molecule has 0 spiro atoms. The van der Waals surface area contributed by atoms with E-state index in [-0.39, 0.29) is 5.91 Å². The third-order valence-corrected chi connectivity index (χ3v) is 4.81. The van der Waals surface area contributed by atoms with E-state index < -0.39 is 0 Å². The number of aromatic nitrogens is 3. The fourth-order valence-corrected chi connectivity index (χ4v) is 3.38. The number of nitrogens with zero attached hydrogens (tertiary/aromatic N) is 4. The molecule has 1 aliphatic rings. The van der Waals surface area contributed by atoms with Crippen molar-refractivity contribution in [1.82, 2.24) is 25.0 Å². The third kappa shape index (κ3) is 3.36. The highest BCUT2D eigenvalue weighted by molar-refractivity contribution is 7.09. The second-order valence-electron chi connectivity index (χ2n) is 5.69. The Kier molecular flexibility index (Phi) is 4.54. The summed E-state index contributed by atoms with van der Waals surface area (Å²) >= 11 is 1.69. The molecule has 0 aliphatic carbocycles. The van der Waals surface area contributed by atoms with Gasteiger partial charge in [-0.3, -0.25) is 14.8 Å². The molecular weight excluding hydrogens is 298 g/mol. The molecule has 1 saturated heterocycles. The van der Waals surface area contributed by atoms with Crippen molar-refractivity contribution in [2.24, 2.45) is 0 Å². The van der Waals surface area contributed by atoms with Gasteiger partial charge in [0.1, 0.15) is 0 Å². The van der Waals surface area contributed by atoms with E-state index in [2.05, 4.69) is 25.5 Å². The smallest absolute Gasteiger partial charge is 0.257 e. The molecule has 2 aromatic rings. The summed E-state index contributed by atoms with van der Waals surface area (Å²) in [6, 6.07) is 0. The number of amides is 1. The molecular formula is C15H21N5OS. The Morgan fingerprint density at radius 2 is 2.18 bits per heavy atom. The summed E-state index contributed by atoms with van der Waals surface area (Å²) in [5, 5.41) is 10.0. The number of thiazole rings is 1. The second-order valence-corrected chi connectivity index (χ2v) is 6.75. The van der Waals surface area contributed by atoms with Crippen LogP contribution in [-0.4, -0.2) is 57.1 Å². The van der Waals surface area contributed by atoms with Crippen LogP contribution in [0, 0.1) is 13.8 Å². The number of hydrogen-bond acceptors (Lipinski definition) is 5. The summed E-state index contributed by atoms with van der Waals surface area (Å²) in [6.45, 7) is 8.24. The highest BCUT2D eigenvalue weighted by atomic mass is 32.1. The molecule has 3 heterocycles. The first-order valence-corrected chi connectivity index (χ1v) is 8.44. The molecule has 0 saturated carbocycles. The van der Waals surface area contributed by atoms with E-state index in [1.54, 1.807) is 17.5 Å². The molecule has 0 atom stereocenters. The number of hydrogen-bond donors (Lipinski definition) is 1. The van der Waals surface area contributed by atoms with Crippen molar-refractivity contribution in [3.05, 3.63) is 33.5 Å². The highest BCUT2D eigenvalue weighted by Crippen LogP contribution is 2.14. The van der Waals surface area contributed by atoms with E-state index in [0.29, 0.717) is 5.56 Å². The highest BCUT2D eigenvalue weighted by Gasteiger charge is 2.22. The van der Waals surface area contributed by atoms with Gasteiger partial charge in [-0.15, -0.1) is 11.3 Å². The van der Waals surface area contributed by atoms with Crippen molar-refractivity contribution < 1.29 is 4.79 Å². The van der Waals surface area contributed by atoms with Crippen LogP contribution in [0.25, 0.3) is 0 Å². The van der Waals surface area contributed by atoms with Gasteiger partial charge in [-0.05, 0) is 20.3 Å². The molecule has 0 radical (unpaired) electrons. The predicted octanol–water partition coefficient (Wildman–Crippen LogP) is 1.83. The Morgan fingerprint density at radius 1 is 1.32 bits per heavy atom. The lowest BCUT2D eigenvalue weighted by Crippen LogP contribution is -2.35. The van der Waals surface area contributed by atoms with Gasteiger partial charge < -0.3 is 4.90 Å². The maximum absolute atomic E-state index is 12.5. The lowest BCUT2D eigenvalue weighted by atomic mass is 10.2. The van der Waals surface area contributed by atoms with Crippen molar-refractivity contribution in [2.75, 3.05) is 26.2 Å². The first-order chi connectivity index (χ1) is 10.6. The molecule has 7 heteroatoms. The van der Waals surface area contributed by atoms with Crippen LogP contribution in [0.1, 0.15) is 33.2 Å². The Labute approximate surface area is 134 Å². The van der Waals surface area contributed by atoms with Gasteiger partial charge in [0.2, 0.25) is 0 Å². The standard InChI is InChI=1S/C15H21N5OS/c1-11-14(8-16-18-11)15(21)20-5-3-4-19(6-7-20)9-13-10-22-12(2)17-13/h8,10H,3-7,9H2,1-2H3,(H,16,18). The largest absolute Gasteiger partial charge is 0.337 e. The minimum atomic E-state index is 0.0811. The van der Waals surface area contributed by atoms with Crippen molar-refractivity contribution in [1.29, 1.82) is 0 Å². The molecule has 0 unspecified atom stereocenters. The summed E-state index contributed by atoms with van der Waals surface area (Å²) in [7, 11) is 0. The molecule has 0 aromatic carbocycles. The molecule has 118 valence electrons. The van der Waals surface area contributed by atoms with E-state index in [1.807, 2.05) is 18.7 Å². The monoisotopic (exact) mass is 319 g/mol. The van der Waals surface area contributed by atoms with Crippen LogP contribution < -0.4 is 0 Å². The van der Waals surface area contributed by atoms with E-state index >= 15 is 0 Å². The normalized spacial score (nSPS) is 16.7. The molecule has 1 aliphatic heterocycles. The minimum Gasteiger partial charge on any atom is -0.337 e. The van der Waals surface area contributed by atoms with Gasteiger partial charge >= 0.3 is 0 Å². The summed E-state index contributed by atoms with van der Waals surface area (Å²) < 4.78 is 0. The van der Waals surface area contributed by atoms with Gasteiger partial charge in [0.05, 0.1) is 22.5 Å². The summed E-state index contributed by atoms with van der Waals surface area (Å²) in [5.74, 6) is 0.0811. The van der Waals surface area contributed by atoms with E-state index in [0.717, 1.165) is 55.5 Å². The average molecular weight is 319 g/mol. The second kappa shape index (κ2) is 6.58. The van der Waals surface area contributed by atoms with Crippen LogP contribution in [-0.2, 0) is 6.54 Å². The first-order valence-electron chi connectivity index (χ1n) is 7.56. The van der Waals surface area contributed by atoms with Gasteiger partial charge in [-0.25, -0.2) is 4.98 Å². The summed E-state index contributed by atoms with van der Waals surface area (Å²) in [5.41, 5.74) is 2.65. The Morgan fingerprint density at radius 3 is 2.86 bits per heavy atom. The fraction of sp³-hybridized carbons (Fsp3) is 0.533. The van der Waals surface area contributed by atoms with Crippen LogP contribution in [0.5, 0.6) is 0 Å². The molecule has 2 aromatic heterocycles. The SMILES string of the molecule is Cc1nc(CN2CCCN(C(=O)c3cn[nH]c3C)CC2)cs1. The lowest BCUT2D eigenvalue weighted by molar-refractivity contribution is 0.0760. The lowest BCUT2D eigenvalue weighted by Gasteiger charge is -2.21. The maximum Gasteiger partial charge on any atom is 0.257 e. The predicted molar refractivity (Wildman–Crippen MR) is 86.0 cm³/mol. The molecule has 1 amide bonds. The van der Waals surface area contributed by atoms with Gasteiger partial charge in [0, 0.05) is 43.8 Å². The van der Waals surface area contributed by atoms with Crippen LogP contribution in [0.15, 0.2) is 11.6 Å². The number of rotatable bonds is 3. The summed E-state index contributed by atoms with van der Waals surface area (Å²) in [4.78, 5) is 21.4. The van der Waals surface area contributed by atoms with Crippen LogP contribution >= 0.6 is 11.3 Å². The molecule has 22 heavy (non-hydrogen) atoms. The molecule has 0 bridgehead atoms. The van der Waals surface area contributed by atoms with Gasteiger partial charge in [-0.2, -0.15) is 5.10 Å². The van der Waals surface area contributed by atoms with E-state index in [1.165, 1.54) is 0 Å². The van der Waals surface area contributed by atoms with Crippen LogP contribution in [0.2, 0.25) is 0 Å². The number of aromatic amines is 1. The third-order valence-electron chi connectivity index (χ3n) is 3.99. The zero-order valence-electron chi connectivity index (χ0n) is 13.0. The minimum absolute atomic E-state index is 0.0811.